The second-order valence-corrected chi connectivity index (χ2v) is 6.65. The highest BCUT2D eigenvalue weighted by atomic mass is 127. The minimum Gasteiger partial charge on any atom is -0.381 e. The number of guanidine groups is 1. The molecule has 0 aromatic rings. The minimum absolute atomic E-state index is 0. The van der Waals surface area contributed by atoms with Crippen molar-refractivity contribution in [3.05, 3.63) is 0 Å². The summed E-state index contributed by atoms with van der Waals surface area (Å²) in [6.07, 6.45) is 6.76. The van der Waals surface area contributed by atoms with Gasteiger partial charge in [0.05, 0.1) is 6.61 Å². The number of nitrogens with one attached hydrogen (secondary N) is 1. The van der Waals surface area contributed by atoms with Crippen LogP contribution in [0.4, 0.5) is 0 Å². The molecule has 136 valence electrons. The van der Waals surface area contributed by atoms with E-state index in [-0.39, 0.29) is 24.0 Å². The van der Waals surface area contributed by atoms with E-state index in [1.165, 1.54) is 32.1 Å². The summed E-state index contributed by atoms with van der Waals surface area (Å²) in [5.41, 5.74) is 0. The number of ether oxygens (including phenoxy) is 1. The molecule has 2 aliphatic rings. The highest BCUT2D eigenvalue weighted by Crippen LogP contribution is 2.22. The summed E-state index contributed by atoms with van der Waals surface area (Å²) in [5.74, 6) is 1.71. The van der Waals surface area contributed by atoms with Crippen molar-refractivity contribution in [2.45, 2.75) is 45.1 Å². The lowest BCUT2D eigenvalue weighted by Gasteiger charge is -2.26. The van der Waals surface area contributed by atoms with Gasteiger partial charge >= 0.3 is 0 Å². The van der Waals surface area contributed by atoms with Gasteiger partial charge < -0.3 is 19.9 Å². The number of hydrogen-bond donors (Lipinski definition) is 1. The Kier molecular flexibility index (Phi) is 10.5. The van der Waals surface area contributed by atoms with Gasteiger partial charge in [0.25, 0.3) is 0 Å². The second-order valence-electron chi connectivity index (χ2n) is 6.65. The van der Waals surface area contributed by atoms with Crippen LogP contribution in [0.2, 0.25) is 0 Å². The fraction of sp³-hybridized carbons (Fsp3) is 0.941. The molecule has 1 aliphatic carbocycles. The molecule has 0 radical (unpaired) electrons. The maximum absolute atomic E-state index is 5.56. The van der Waals surface area contributed by atoms with E-state index in [4.69, 9.17) is 4.74 Å². The fourth-order valence-corrected chi connectivity index (χ4v) is 3.65. The lowest BCUT2D eigenvalue weighted by atomic mass is 10.1. The van der Waals surface area contributed by atoms with Crippen molar-refractivity contribution in [1.29, 1.82) is 0 Å². The molecule has 2 rings (SSSR count). The molecule has 1 atom stereocenters. The first kappa shape index (κ1) is 21.0. The monoisotopic (exact) mass is 438 g/mol. The summed E-state index contributed by atoms with van der Waals surface area (Å²) in [6, 6.07) is 0.797. The Morgan fingerprint density at radius 3 is 2.70 bits per heavy atom. The average molecular weight is 438 g/mol. The van der Waals surface area contributed by atoms with E-state index in [2.05, 4.69) is 34.1 Å². The molecule has 6 heteroatoms. The van der Waals surface area contributed by atoms with Gasteiger partial charge in [-0.1, -0.05) is 12.8 Å². The average Bonchev–Trinajstić information content (AvgIpc) is 3.20. The van der Waals surface area contributed by atoms with Crippen LogP contribution in [0.5, 0.6) is 0 Å². The number of nitrogens with zero attached hydrogens (tertiary/aromatic N) is 3. The number of hydrogen-bond acceptors (Lipinski definition) is 3. The van der Waals surface area contributed by atoms with E-state index in [0.29, 0.717) is 5.92 Å². The first-order chi connectivity index (χ1) is 10.7. The van der Waals surface area contributed by atoms with Gasteiger partial charge in [-0.05, 0) is 33.2 Å². The Balaban J connectivity index is 0.00000264. The Morgan fingerprint density at radius 2 is 2.04 bits per heavy atom. The van der Waals surface area contributed by atoms with Crippen molar-refractivity contribution >= 4 is 29.9 Å². The van der Waals surface area contributed by atoms with Crippen molar-refractivity contribution in [1.82, 2.24) is 15.1 Å². The highest BCUT2D eigenvalue weighted by Gasteiger charge is 2.25. The molecule has 0 amide bonds. The Bertz CT molecular complexity index is 347. The van der Waals surface area contributed by atoms with E-state index in [1.54, 1.807) is 0 Å². The van der Waals surface area contributed by atoms with Gasteiger partial charge in [-0.15, -0.1) is 24.0 Å². The molecular weight excluding hydrogens is 403 g/mol. The zero-order valence-corrected chi connectivity index (χ0v) is 17.4. The summed E-state index contributed by atoms with van der Waals surface area (Å²) in [7, 11) is 4.15. The van der Waals surface area contributed by atoms with Crippen molar-refractivity contribution in [3.63, 3.8) is 0 Å². The van der Waals surface area contributed by atoms with Gasteiger partial charge in [0.1, 0.15) is 0 Å². The number of rotatable bonds is 7. The largest absolute Gasteiger partial charge is 0.381 e. The van der Waals surface area contributed by atoms with Crippen molar-refractivity contribution < 1.29 is 4.74 Å². The molecule has 1 unspecified atom stereocenters. The zero-order chi connectivity index (χ0) is 15.8. The Hall–Kier alpha value is -0.0800. The molecule has 1 saturated heterocycles. The van der Waals surface area contributed by atoms with Crippen molar-refractivity contribution in [3.8, 4) is 0 Å². The van der Waals surface area contributed by atoms with Crippen LogP contribution in [0.1, 0.15) is 39.0 Å². The first-order valence-corrected chi connectivity index (χ1v) is 8.98. The van der Waals surface area contributed by atoms with E-state index in [0.717, 1.165) is 51.4 Å². The third kappa shape index (κ3) is 6.74. The summed E-state index contributed by atoms with van der Waals surface area (Å²) in [4.78, 5) is 9.33. The lowest BCUT2D eigenvalue weighted by Crippen LogP contribution is -2.44. The quantitative estimate of drug-likeness (QED) is 0.377. The fourth-order valence-electron chi connectivity index (χ4n) is 3.65. The summed E-state index contributed by atoms with van der Waals surface area (Å²) in [6.45, 7) is 8.00. The van der Waals surface area contributed by atoms with Gasteiger partial charge in [-0.2, -0.15) is 0 Å². The Labute approximate surface area is 159 Å². The number of likely N-dealkylation sites (N-methyl/N-ethyl adjacent to an activating group) is 1. The molecule has 2 fully saturated rings. The van der Waals surface area contributed by atoms with Crippen LogP contribution in [0, 0.1) is 5.92 Å². The first-order valence-electron chi connectivity index (χ1n) is 8.98. The van der Waals surface area contributed by atoms with Crippen LogP contribution in [-0.2, 0) is 4.74 Å². The molecular formula is C17H35IN4O. The standard InChI is InChI=1S/C17H34N4O.HI/c1-4-22-14-15-9-11-21(13-15)17(18-2)19-10-12-20(3)16-7-5-6-8-16;/h15-16H,4-14H2,1-3H3,(H,18,19);1H. The maximum atomic E-state index is 5.56. The van der Waals surface area contributed by atoms with Gasteiger partial charge in [0.15, 0.2) is 5.96 Å². The van der Waals surface area contributed by atoms with E-state index in [1.807, 2.05) is 7.05 Å². The SMILES string of the molecule is CCOCC1CCN(C(=NC)NCCN(C)C2CCCC2)C1.I. The van der Waals surface area contributed by atoms with E-state index in [9.17, 15) is 0 Å². The summed E-state index contributed by atoms with van der Waals surface area (Å²) < 4.78 is 5.56. The van der Waals surface area contributed by atoms with Crippen LogP contribution >= 0.6 is 24.0 Å². The maximum Gasteiger partial charge on any atom is 0.193 e. The number of aliphatic imine (C=N–C) groups is 1. The topological polar surface area (TPSA) is 40.1 Å². The molecule has 0 bridgehead atoms. The molecule has 0 spiro atoms. The molecule has 23 heavy (non-hydrogen) atoms. The third-order valence-electron chi connectivity index (χ3n) is 5.05. The minimum atomic E-state index is 0. The molecule has 5 nitrogen and oxygen atoms in total. The van der Waals surface area contributed by atoms with Gasteiger partial charge in [-0.25, -0.2) is 0 Å². The molecule has 1 aliphatic heterocycles. The highest BCUT2D eigenvalue weighted by molar-refractivity contribution is 14.0. The summed E-state index contributed by atoms with van der Waals surface area (Å²) in [5, 5.41) is 3.54. The number of halogens is 1. The molecule has 1 N–H and O–H groups in total. The summed E-state index contributed by atoms with van der Waals surface area (Å²) >= 11 is 0. The molecule has 0 aromatic carbocycles. The number of likely N-dealkylation sites (tertiary alicyclic amines) is 1. The van der Waals surface area contributed by atoms with Gasteiger partial charge in [0.2, 0.25) is 0 Å². The Morgan fingerprint density at radius 1 is 1.30 bits per heavy atom. The van der Waals surface area contributed by atoms with Crippen LogP contribution < -0.4 is 5.32 Å². The van der Waals surface area contributed by atoms with Crippen molar-refractivity contribution in [2.24, 2.45) is 10.9 Å². The van der Waals surface area contributed by atoms with Crippen LogP contribution in [-0.4, -0.2) is 75.3 Å². The molecule has 1 saturated carbocycles. The van der Waals surface area contributed by atoms with Crippen LogP contribution in [0.15, 0.2) is 4.99 Å². The van der Waals surface area contributed by atoms with E-state index >= 15 is 0 Å². The zero-order valence-electron chi connectivity index (χ0n) is 15.1. The predicted octanol–water partition coefficient (Wildman–Crippen LogP) is 2.41. The van der Waals surface area contributed by atoms with E-state index < -0.39 is 0 Å². The third-order valence-corrected chi connectivity index (χ3v) is 5.05. The molecule has 1 heterocycles. The lowest BCUT2D eigenvalue weighted by molar-refractivity contribution is 0.114. The van der Waals surface area contributed by atoms with Crippen LogP contribution in [0.3, 0.4) is 0 Å². The smallest absolute Gasteiger partial charge is 0.193 e. The predicted molar refractivity (Wildman–Crippen MR) is 108 cm³/mol. The second kappa shape index (κ2) is 11.5. The van der Waals surface area contributed by atoms with Gasteiger partial charge in [-0.3, -0.25) is 4.99 Å². The molecule has 0 aromatic heterocycles. The van der Waals surface area contributed by atoms with Crippen molar-refractivity contribution in [2.75, 3.05) is 53.5 Å². The van der Waals surface area contributed by atoms with Crippen LogP contribution in [0.25, 0.3) is 0 Å². The van der Waals surface area contributed by atoms with Gasteiger partial charge in [0, 0.05) is 51.8 Å². The normalized spacial score (nSPS) is 22.7.